The van der Waals surface area contributed by atoms with Crippen LogP contribution < -0.4 is 15.6 Å². The van der Waals surface area contributed by atoms with Gasteiger partial charge in [-0.3, -0.25) is 19.0 Å². The van der Waals surface area contributed by atoms with Crippen LogP contribution in [-0.2, 0) is 11.3 Å². The zero-order valence-corrected chi connectivity index (χ0v) is 16.4. The summed E-state index contributed by atoms with van der Waals surface area (Å²) in [5, 5.41) is 3.16. The predicted molar refractivity (Wildman–Crippen MR) is 114 cm³/mol. The molecule has 0 saturated heterocycles. The fourth-order valence-electron chi connectivity index (χ4n) is 3.32. The number of carbonyl (C=O) groups is 2. The minimum atomic E-state index is -0.273. The quantitative estimate of drug-likeness (QED) is 0.515. The average molecular weight is 417 g/mol. The number of hydrogen-bond acceptors (Lipinski definition) is 6. The minimum Gasteiger partial charge on any atom is -0.482 e. The summed E-state index contributed by atoms with van der Waals surface area (Å²) in [5.41, 5.74) is 1.58. The normalized spacial score (nSPS) is 12.9. The van der Waals surface area contributed by atoms with E-state index in [0.29, 0.717) is 27.2 Å². The molecule has 0 bridgehead atoms. The van der Waals surface area contributed by atoms with Crippen LogP contribution in [0.4, 0.5) is 5.69 Å². The van der Waals surface area contributed by atoms with Crippen molar-refractivity contribution >= 4 is 38.9 Å². The number of Topliss-reactive ketones (excluding diaryl/α,β-unsaturated/α-hetero) is 1. The Morgan fingerprint density at radius 1 is 1.13 bits per heavy atom. The van der Waals surface area contributed by atoms with E-state index in [1.165, 1.54) is 22.2 Å². The molecule has 0 saturated carbocycles. The Labute approximate surface area is 174 Å². The molecule has 1 aliphatic heterocycles. The molecule has 4 aromatic rings. The van der Waals surface area contributed by atoms with Crippen LogP contribution in [0.3, 0.4) is 0 Å². The molecule has 3 heterocycles. The molecule has 0 fully saturated rings. The van der Waals surface area contributed by atoms with Gasteiger partial charge in [-0.15, -0.1) is 11.3 Å². The summed E-state index contributed by atoms with van der Waals surface area (Å²) in [6, 6.07) is 16.4. The van der Waals surface area contributed by atoms with E-state index in [0.717, 1.165) is 10.4 Å². The highest BCUT2D eigenvalue weighted by molar-refractivity contribution is 7.21. The fraction of sp³-hybridized carbons (Fsp3) is 0.0909. The fourth-order valence-corrected chi connectivity index (χ4v) is 4.31. The molecule has 0 radical (unpaired) electrons. The van der Waals surface area contributed by atoms with E-state index in [2.05, 4.69) is 10.3 Å². The standard InChI is InChI=1S/C22H15N3O4S/c26-17(14-6-7-18-16(8-14)24-20(27)11-29-18)10-25-12-23-21-15(22(25)28)9-19(30-21)13-4-2-1-3-5-13/h1-9,12H,10-11H2,(H,24,27). The second kappa shape index (κ2) is 7.23. The summed E-state index contributed by atoms with van der Waals surface area (Å²) in [6.07, 6.45) is 1.40. The van der Waals surface area contributed by atoms with Crippen molar-refractivity contribution in [1.82, 2.24) is 9.55 Å². The van der Waals surface area contributed by atoms with E-state index < -0.39 is 0 Å². The number of fused-ring (bicyclic) bond motifs is 2. The van der Waals surface area contributed by atoms with Crippen molar-refractivity contribution in [2.24, 2.45) is 0 Å². The van der Waals surface area contributed by atoms with Gasteiger partial charge in [0.15, 0.2) is 12.4 Å². The number of thiophene rings is 1. The van der Waals surface area contributed by atoms with Crippen molar-refractivity contribution in [2.75, 3.05) is 11.9 Å². The number of rotatable bonds is 4. The van der Waals surface area contributed by atoms with Crippen LogP contribution >= 0.6 is 11.3 Å². The van der Waals surface area contributed by atoms with Gasteiger partial charge in [0.25, 0.3) is 11.5 Å². The molecule has 1 N–H and O–H groups in total. The molecule has 0 unspecified atom stereocenters. The molecule has 2 aromatic carbocycles. The third-order valence-electron chi connectivity index (χ3n) is 4.82. The molecule has 30 heavy (non-hydrogen) atoms. The maximum Gasteiger partial charge on any atom is 0.262 e. The Morgan fingerprint density at radius 3 is 2.80 bits per heavy atom. The van der Waals surface area contributed by atoms with Gasteiger partial charge in [0.2, 0.25) is 0 Å². The number of nitrogens with zero attached hydrogens (tertiary/aromatic N) is 2. The topological polar surface area (TPSA) is 90.3 Å². The first-order chi connectivity index (χ1) is 14.6. The number of benzene rings is 2. The SMILES string of the molecule is O=C1COc2ccc(C(=O)Cn3cnc4sc(-c5ccccc5)cc4c3=O)cc2N1. The molecule has 1 aliphatic rings. The molecular formula is C22H15N3O4S. The Kier molecular flexibility index (Phi) is 4.40. The highest BCUT2D eigenvalue weighted by Crippen LogP contribution is 2.31. The summed E-state index contributed by atoms with van der Waals surface area (Å²) in [6.45, 7) is -0.196. The highest BCUT2D eigenvalue weighted by Gasteiger charge is 2.19. The smallest absolute Gasteiger partial charge is 0.262 e. The monoisotopic (exact) mass is 417 g/mol. The largest absolute Gasteiger partial charge is 0.482 e. The zero-order chi connectivity index (χ0) is 20.7. The lowest BCUT2D eigenvalue weighted by molar-refractivity contribution is -0.118. The number of amides is 1. The summed E-state index contributed by atoms with van der Waals surface area (Å²) >= 11 is 1.44. The van der Waals surface area contributed by atoms with E-state index in [1.807, 2.05) is 36.4 Å². The highest BCUT2D eigenvalue weighted by atomic mass is 32.1. The van der Waals surface area contributed by atoms with Gasteiger partial charge in [0.1, 0.15) is 10.6 Å². The maximum absolute atomic E-state index is 12.9. The van der Waals surface area contributed by atoms with Crippen LogP contribution in [0.25, 0.3) is 20.7 Å². The van der Waals surface area contributed by atoms with Gasteiger partial charge in [-0.25, -0.2) is 4.98 Å². The van der Waals surface area contributed by atoms with Crippen molar-refractivity contribution in [3.63, 3.8) is 0 Å². The number of hydrogen-bond donors (Lipinski definition) is 1. The summed E-state index contributed by atoms with van der Waals surface area (Å²) in [5.74, 6) is -0.0258. The van der Waals surface area contributed by atoms with Gasteiger partial charge in [-0.1, -0.05) is 30.3 Å². The number of anilines is 1. The Bertz CT molecular complexity index is 1360. The van der Waals surface area contributed by atoms with Crippen LogP contribution in [0.5, 0.6) is 5.75 Å². The van der Waals surface area contributed by atoms with Crippen molar-refractivity contribution < 1.29 is 14.3 Å². The zero-order valence-electron chi connectivity index (χ0n) is 15.6. The van der Waals surface area contributed by atoms with E-state index in [1.54, 1.807) is 18.2 Å². The van der Waals surface area contributed by atoms with Crippen molar-refractivity contribution in [2.45, 2.75) is 6.54 Å². The van der Waals surface area contributed by atoms with Crippen molar-refractivity contribution in [1.29, 1.82) is 0 Å². The Balaban J connectivity index is 1.45. The van der Waals surface area contributed by atoms with E-state index in [4.69, 9.17) is 4.74 Å². The van der Waals surface area contributed by atoms with Crippen LogP contribution in [-0.4, -0.2) is 27.8 Å². The van der Waals surface area contributed by atoms with E-state index in [-0.39, 0.29) is 30.4 Å². The number of aromatic nitrogens is 2. The lowest BCUT2D eigenvalue weighted by atomic mass is 10.1. The molecule has 2 aromatic heterocycles. The third kappa shape index (κ3) is 3.27. The molecule has 5 rings (SSSR count). The lowest BCUT2D eigenvalue weighted by Gasteiger charge is -2.18. The molecule has 1 amide bonds. The number of ether oxygens (including phenoxy) is 1. The molecule has 0 atom stereocenters. The molecule has 0 aliphatic carbocycles. The molecule has 8 heteroatoms. The van der Waals surface area contributed by atoms with Gasteiger partial charge in [0.05, 0.1) is 23.9 Å². The maximum atomic E-state index is 12.9. The van der Waals surface area contributed by atoms with Crippen LogP contribution in [0.15, 0.2) is 65.7 Å². The van der Waals surface area contributed by atoms with Gasteiger partial charge >= 0.3 is 0 Å². The number of carbonyl (C=O) groups excluding carboxylic acids is 2. The Hall–Kier alpha value is -3.78. The molecular weight excluding hydrogens is 402 g/mol. The van der Waals surface area contributed by atoms with Crippen molar-refractivity contribution in [3.05, 3.63) is 76.8 Å². The van der Waals surface area contributed by atoms with Gasteiger partial charge < -0.3 is 10.1 Å². The number of nitrogens with one attached hydrogen (secondary N) is 1. The van der Waals surface area contributed by atoms with E-state index >= 15 is 0 Å². The van der Waals surface area contributed by atoms with Crippen LogP contribution in [0.1, 0.15) is 10.4 Å². The van der Waals surface area contributed by atoms with Crippen molar-refractivity contribution in [3.8, 4) is 16.2 Å². The second-order valence-corrected chi connectivity index (χ2v) is 7.87. The van der Waals surface area contributed by atoms with Gasteiger partial charge in [0, 0.05) is 10.4 Å². The molecule has 148 valence electrons. The third-order valence-corrected chi connectivity index (χ3v) is 5.92. The summed E-state index contributed by atoms with van der Waals surface area (Å²) < 4.78 is 6.61. The van der Waals surface area contributed by atoms with E-state index in [9.17, 15) is 14.4 Å². The number of ketones is 1. The minimum absolute atomic E-state index is 0.0486. The first kappa shape index (κ1) is 18.3. The lowest BCUT2D eigenvalue weighted by Crippen LogP contribution is -2.26. The molecule has 7 nitrogen and oxygen atoms in total. The first-order valence-corrected chi connectivity index (χ1v) is 10.0. The molecule has 0 spiro atoms. The Morgan fingerprint density at radius 2 is 1.97 bits per heavy atom. The van der Waals surface area contributed by atoms with Gasteiger partial charge in [-0.05, 0) is 29.8 Å². The summed E-state index contributed by atoms with van der Waals surface area (Å²) in [4.78, 5) is 43.1. The second-order valence-electron chi connectivity index (χ2n) is 6.84. The van der Waals surface area contributed by atoms with Gasteiger partial charge in [-0.2, -0.15) is 0 Å². The van der Waals surface area contributed by atoms with Crippen LogP contribution in [0, 0.1) is 0 Å². The average Bonchev–Trinajstić information content (AvgIpc) is 3.21. The first-order valence-electron chi connectivity index (χ1n) is 9.23. The summed E-state index contributed by atoms with van der Waals surface area (Å²) in [7, 11) is 0. The predicted octanol–water partition coefficient (Wildman–Crippen LogP) is 3.34. The van der Waals surface area contributed by atoms with Crippen LogP contribution in [0.2, 0.25) is 0 Å².